The molecule has 2 unspecified atom stereocenters. The van der Waals surface area contributed by atoms with E-state index >= 15 is 0 Å². The van der Waals surface area contributed by atoms with Crippen LogP contribution in [0.2, 0.25) is 0 Å². The molecule has 1 aromatic rings. The molecule has 1 saturated heterocycles. The molecule has 0 aromatic carbocycles. The van der Waals surface area contributed by atoms with Gasteiger partial charge in [0.15, 0.2) is 5.01 Å². The average Bonchev–Trinajstić information content (AvgIpc) is 2.83. The van der Waals surface area contributed by atoms with Crippen molar-refractivity contribution in [2.45, 2.75) is 38.0 Å². The highest BCUT2D eigenvalue weighted by molar-refractivity contribution is 7.15. The maximum atomic E-state index is 9.79. The number of nitrogens with two attached hydrogens (primary N) is 1. The molecule has 0 saturated carbocycles. The van der Waals surface area contributed by atoms with Crippen molar-refractivity contribution in [3.63, 3.8) is 0 Å². The van der Waals surface area contributed by atoms with Crippen LogP contribution in [-0.4, -0.2) is 47.6 Å². The van der Waals surface area contributed by atoms with Gasteiger partial charge in [-0.2, -0.15) is 0 Å². The lowest BCUT2D eigenvalue weighted by Gasteiger charge is -2.33. The van der Waals surface area contributed by atoms with E-state index in [1.54, 1.807) is 7.11 Å². The van der Waals surface area contributed by atoms with E-state index in [0.717, 1.165) is 23.1 Å². The van der Waals surface area contributed by atoms with Gasteiger partial charge in [-0.05, 0) is 20.3 Å². The number of rotatable bonds is 3. The third kappa shape index (κ3) is 2.64. The lowest BCUT2D eigenvalue weighted by Crippen LogP contribution is -2.50. The van der Waals surface area contributed by atoms with Crippen LogP contribution < -0.4 is 10.6 Å². The first-order chi connectivity index (χ1) is 8.44. The number of ether oxygens (including phenoxy) is 1. The van der Waals surface area contributed by atoms with E-state index < -0.39 is 11.7 Å². The predicted octanol–water partition coefficient (Wildman–Crippen LogP) is 0.318. The number of β-amino-alcohol motifs (C(OH)–C–C–N with tert-alkyl or cyclic N) is 1. The number of anilines is 1. The van der Waals surface area contributed by atoms with Gasteiger partial charge < -0.3 is 20.5 Å². The standard InChI is InChI=1S/C11H20N4O2S/c1-11(2,17-3)9-13-14-10(18-9)15-5-4-7(12)8(16)6-15/h7-8,16H,4-6,12H2,1-3H3. The van der Waals surface area contributed by atoms with E-state index in [2.05, 4.69) is 10.2 Å². The SMILES string of the molecule is COC(C)(C)c1nnc(N2CCC(N)C(O)C2)s1. The molecule has 2 atom stereocenters. The molecule has 0 amide bonds. The highest BCUT2D eigenvalue weighted by Gasteiger charge is 2.29. The fourth-order valence-electron chi connectivity index (χ4n) is 1.80. The molecule has 2 rings (SSSR count). The van der Waals surface area contributed by atoms with Gasteiger partial charge in [-0.15, -0.1) is 10.2 Å². The number of aromatic nitrogens is 2. The molecule has 0 aliphatic carbocycles. The van der Waals surface area contributed by atoms with E-state index in [1.165, 1.54) is 11.3 Å². The molecule has 1 aliphatic heterocycles. The zero-order chi connectivity index (χ0) is 13.3. The van der Waals surface area contributed by atoms with E-state index in [1.807, 2.05) is 18.7 Å². The van der Waals surface area contributed by atoms with E-state index in [4.69, 9.17) is 10.5 Å². The molecule has 1 aliphatic rings. The van der Waals surface area contributed by atoms with Crippen LogP contribution >= 0.6 is 11.3 Å². The van der Waals surface area contributed by atoms with E-state index in [-0.39, 0.29) is 6.04 Å². The summed E-state index contributed by atoms with van der Waals surface area (Å²) in [7, 11) is 1.66. The summed E-state index contributed by atoms with van der Waals surface area (Å²) in [5, 5.41) is 19.8. The molecule has 6 nitrogen and oxygen atoms in total. The fraction of sp³-hybridized carbons (Fsp3) is 0.818. The van der Waals surface area contributed by atoms with Gasteiger partial charge in [-0.25, -0.2) is 0 Å². The predicted molar refractivity (Wildman–Crippen MR) is 70.8 cm³/mol. The van der Waals surface area contributed by atoms with Gasteiger partial charge in [-0.1, -0.05) is 11.3 Å². The Labute approximate surface area is 111 Å². The molecule has 2 heterocycles. The summed E-state index contributed by atoms with van der Waals surface area (Å²) in [5.41, 5.74) is 5.36. The Bertz CT molecular complexity index is 410. The Balaban J connectivity index is 2.11. The Morgan fingerprint density at radius 2 is 2.22 bits per heavy atom. The topological polar surface area (TPSA) is 84.5 Å². The number of methoxy groups -OCH3 is 1. The minimum absolute atomic E-state index is 0.135. The largest absolute Gasteiger partial charge is 0.390 e. The van der Waals surface area contributed by atoms with Crippen LogP contribution in [0.25, 0.3) is 0 Å². The highest BCUT2D eigenvalue weighted by atomic mass is 32.1. The first kappa shape index (κ1) is 13.7. The summed E-state index contributed by atoms with van der Waals surface area (Å²) >= 11 is 1.50. The van der Waals surface area contributed by atoms with Crippen molar-refractivity contribution in [1.29, 1.82) is 0 Å². The summed E-state index contributed by atoms with van der Waals surface area (Å²) in [6, 6.07) is -0.135. The van der Waals surface area contributed by atoms with Crippen molar-refractivity contribution in [3.8, 4) is 0 Å². The van der Waals surface area contributed by atoms with Crippen LogP contribution in [0.1, 0.15) is 25.3 Å². The summed E-state index contributed by atoms with van der Waals surface area (Å²) < 4.78 is 5.38. The third-order valence-electron chi connectivity index (χ3n) is 3.34. The second-order valence-electron chi connectivity index (χ2n) is 5.07. The normalized spacial score (nSPS) is 25.5. The van der Waals surface area contributed by atoms with Crippen molar-refractivity contribution in [1.82, 2.24) is 10.2 Å². The number of hydrogen-bond donors (Lipinski definition) is 2. The molecule has 1 aromatic heterocycles. The number of aliphatic hydroxyl groups is 1. The number of hydrogen-bond acceptors (Lipinski definition) is 7. The minimum Gasteiger partial charge on any atom is -0.390 e. The second kappa shape index (κ2) is 5.08. The Kier molecular flexibility index (Phi) is 3.86. The Morgan fingerprint density at radius 1 is 1.50 bits per heavy atom. The summed E-state index contributed by atoms with van der Waals surface area (Å²) in [4.78, 5) is 2.03. The summed E-state index contributed by atoms with van der Waals surface area (Å²) in [6.07, 6.45) is 0.269. The Morgan fingerprint density at radius 3 is 2.83 bits per heavy atom. The smallest absolute Gasteiger partial charge is 0.208 e. The molecule has 102 valence electrons. The van der Waals surface area contributed by atoms with Crippen molar-refractivity contribution in [3.05, 3.63) is 5.01 Å². The fourth-order valence-corrected chi connectivity index (χ4v) is 2.76. The number of nitrogens with zero attached hydrogens (tertiary/aromatic N) is 3. The summed E-state index contributed by atoms with van der Waals surface area (Å²) in [6.45, 7) is 5.24. The van der Waals surface area contributed by atoms with Crippen LogP contribution in [-0.2, 0) is 10.3 Å². The molecule has 3 N–H and O–H groups in total. The van der Waals surface area contributed by atoms with Crippen LogP contribution in [0.4, 0.5) is 5.13 Å². The van der Waals surface area contributed by atoms with Crippen molar-refractivity contribution < 1.29 is 9.84 Å². The summed E-state index contributed by atoms with van der Waals surface area (Å²) in [5.74, 6) is 0. The van der Waals surface area contributed by atoms with Gasteiger partial charge >= 0.3 is 0 Å². The number of piperidine rings is 1. The third-order valence-corrected chi connectivity index (χ3v) is 4.63. The first-order valence-electron chi connectivity index (χ1n) is 6.02. The van der Waals surface area contributed by atoms with Gasteiger partial charge in [0, 0.05) is 26.2 Å². The molecule has 18 heavy (non-hydrogen) atoms. The highest BCUT2D eigenvalue weighted by Crippen LogP contribution is 2.31. The van der Waals surface area contributed by atoms with Gasteiger partial charge in [0.05, 0.1) is 6.10 Å². The van der Waals surface area contributed by atoms with Gasteiger partial charge in [0.1, 0.15) is 5.60 Å². The lowest BCUT2D eigenvalue weighted by molar-refractivity contribution is 0.0185. The lowest BCUT2D eigenvalue weighted by atomic mass is 10.0. The van der Waals surface area contributed by atoms with Crippen LogP contribution in [0, 0.1) is 0 Å². The zero-order valence-corrected chi connectivity index (χ0v) is 11.8. The number of aliphatic hydroxyl groups excluding tert-OH is 1. The maximum Gasteiger partial charge on any atom is 0.208 e. The maximum absolute atomic E-state index is 9.79. The minimum atomic E-state index is -0.499. The van der Waals surface area contributed by atoms with Gasteiger partial charge in [-0.3, -0.25) is 0 Å². The van der Waals surface area contributed by atoms with E-state index in [9.17, 15) is 5.11 Å². The molecule has 0 spiro atoms. The van der Waals surface area contributed by atoms with Crippen LogP contribution in [0.15, 0.2) is 0 Å². The molecule has 0 bridgehead atoms. The monoisotopic (exact) mass is 272 g/mol. The van der Waals surface area contributed by atoms with Crippen LogP contribution in [0.3, 0.4) is 0 Å². The van der Waals surface area contributed by atoms with Crippen molar-refractivity contribution in [2.75, 3.05) is 25.1 Å². The van der Waals surface area contributed by atoms with E-state index in [0.29, 0.717) is 6.54 Å². The zero-order valence-electron chi connectivity index (χ0n) is 11.0. The van der Waals surface area contributed by atoms with Gasteiger partial charge in [0.25, 0.3) is 0 Å². The average molecular weight is 272 g/mol. The quantitative estimate of drug-likeness (QED) is 0.824. The second-order valence-corrected chi connectivity index (χ2v) is 6.03. The van der Waals surface area contributed by atoms with Gasteiger partial charge in [0.2, 0.25) is 5.13 Å². The van der Waals surface area contributed by atoms with Crippen LogP contribution in [0.5, 0.6) is 0 Å². The molecule has 1 fully saturated rings. The van der Waals surface area contributed by atoms with Crippen molar-refractivity contribution in [2.24, 2.45) is 5.73 Å². The molecular formula is C11H20N4O2S. The first-order valence-corrected chi connectivity index (χ1v) is 6.83. The molecular weight excluding hydrogens is 252 g/mol. The Hall–Kier alpha value is -0.760. The molecule has 7 heteroatoms. The van der Waals surface area contributed by atoms with Crippen molar-refractivity contribution >= 4 is 16.5 Å². The molecule has 0 radical (unpaired) electrons.